The summed E-state index contributed by atoms with van der Waals surface area (Å²) < 4.78 is 5.34. The van der Waals surface area contributed by atoms with Gasteiger partial charge in [-0.1, -0.05) is 6.07 Å². The van der Waals surface area contributed by atoms with Crippen LogP contribution in [0.1, 0.15) is 29.8 Å². The van der Waals surface area contributed by atoms with Crippen LogP contribution < -0.4 is 10.2 Å². The number of ether oxygens (including phenoxy) is 1. The number of nitrogens with zero attached hydrogens (tertiary/aromatic N) is 5. The van der Waals surface area contributed by atoms with E-state index in [1.165, 1.54) is 0 Å². The maximum Gasteiger partial charge on any atom is 0.227 e. The molecule has 8 nitrogen and oxygen atoms in total. The Bertz CT molecular complexity index is 1230. The standard InChI is InChI=1S/C25H24N6O2/c1-33-20-14-31(15-20)24-11-16(6-8-28-24)10-23-27-9-7-22(29-23)18-4-5-21(19(12-18)13-26)30-25(32)17-2-3-17/h4-9,11-12,17,20H,2-3,10,14-15H2,1H3,(H,30,32). The molecule has 3 heterocycles. The van der Waals surface area contributed by atoms with Crippen molar-refractivity contribution in [2.45, 2.75) is 25.4 Å². The molecule has 0 radical (unpaired) electrons. The Kier molecular flexibility index (Phi) is 5.71. The molecule has 0 spiro atoms. The van der Waals surface area contributed by atoms with Crippen LogP contribution in [0, 0.1) is 17.2 Å². The third-order valence-corrected chi connectivity index (χ3v) is 6.02. The molecule has 3 aromatic rings. The molecule has 33 heavy (non-hydrogen) atoms. The average Bonchev–Trinajstić information content (AvgIpc) is 3.65. The minimum absolute atomic E-state index is 0.0174. The fourth-order valence-electron chi connectivity index (χ4n) is 3.83. The summed E-state index contributed by atoms with van der Waals surface area (Å²) in [7, 11) is 1.73. The first-order valence-corrected chi connectivity index (χ1v) is 11.0. The number of rotatable bonds is 7. The molecule has 166 valence electrons. The van der Waals surface area contributed by atoms with Gasteiger partial charge in [0.25, 0.3) is 0 Å². The molecule has 0 unspecified atom stereocenters. The minimum Gasteiger partial charge on any atom is -0.378 e. The predicted molar refractivity (Wildman–Crippen MR) is 124 cm³/mol. The quantitative estimate of drug-likeness (QED) is 0.602. The first-order chi connectivity index (χ1) is 16.1. The Balaban J connectivity index is 1.32. The number of benzene rings is 1. The van der Waals surface area contributed by atoms with Gasteiger partial charge in [-0.3, -0.25) is 4.79 Å². The molecule has 5 rings (SSSR count). The number of hydrogen-bond donors (Lipinski definition) is 1. The number of pyridine rings is 1. The summed E-state index contributed by atoms with van der Waals surface area (Å²) >= 11 is 0. The molecule has 1 aliphatic heterocycles. The molecular formula is C25H24N6O2. The zero-order chi connectivity index (χ0) is 22.8. The van der Waals surface area contributed by atoms with Crippen molar-refractivity contribution < 1.29 is 9.53 Å². The molecule has 0 atom stereocenters. The highest BCUT2D eigenvalue weighted by Gasteiger charge is 2.30. The fourth-order valence-corrected chi connectivity index (χ4v) is 3.83. The van der Waals surface area contributed by atoms with Gasteiger partial charge in [0.05, 0.1) is 23.0 Å². The lowest BCUT2D eigenvalue weighted by atomic mass is 10.1. The number of amides is 1. The molecule has 1 aromatic carbocycles. The molecule has 2 aromatic heterocycles. The highest BCUT2D eigenvalue weighted by atomic mass is 16.5. The van der Waals surface area contributed by atoms with Gasteiger partial charge in [0.1, 0.15) is 17.7 Å². The Morgan fingerprint density at radius 3 is 2.76 bits per heavy atom. The molecule has 0 bridgehead atoms. The van der Waals surface area contributed by atoms with Crippen LogP contribution in [0.25, 0.3) is 11.3 Å². The normalized spacial score (nSPS) is 15.6. The highest BCUT2D eigenvalue weighted by Crippen LogP contribution is 2.31. The first kappa shape index (κ1) is 21.0. The number of aromatic nitrogens is 3. The van der Waals surface area contributed by atoms with E-state index in [2.05, 4.69) is 32.3 Å². The van der Waals surface area contributed by atoms with Crippen molar-refractivity contribution in [2.24, 2.45) is 5.92 Å². The summed E-state index contributed by atoms with van der Waals surface area (Å²) in [4.78, 5) is 27.9. The summed E-state index contributed by atoms with van der Waals surface area (Å²) in [5.41, 5.74) is 3.58. The van der Waals surface area contributed by atoms with Crippen LogP contribution in [0.15, 0.2) is 48.8 Å². The molecule has 1 saturated heterocycles. The molecule has 8 heteroatoms. The van der Waals surface area contributed by atoms with Crippen LogP contribution in [-0.4, -0.2) is 47.2 Å². The van der Waals surface area contributed by atoms with E-state index in [1.54, 1.807) is 25.4 Å². The van der Waals surface area contributed by atoms with E-state index in [4.69, 9.17) is 9.72 Å². The van der Waals surface area contributed by atoms with Gasteiger partial charge in [-0.15, -0.1) is 0 Å². The number of carbonyl (C=O) groups is 1. The smallest absolute Gasteiger partial charge is 0.227 e. The van der Waals surface area contributed by atoms with E-state index in [1.807, 2.05) is 24.4 Å². The maximum atomic E-state index is 12.1. The van der Waals surface area contributed by atoms with Crippen LogP contribution in [0.4, 0.5) is 11.5 Å². The van der Waals surface area contributed by atoms with E-state index < -0.39 is 0 Å². The lowest BCUT2D eigenvalue weighted by molar-refractivity contribution is -0.117. The van der Waals surface area contributed by atoms with Crippen molar-refractivity contribution in [2.75, 3.05) is 30.4 Å². The lowest BCUT2D eigenvalue weighted by Crippen LogP contribution is -2.52. The van der Waals surface area contributed by atoms with E-state index >= 15 is 0 Å². The van der Waals surface area contributed by atoms with Crippen LogP contribution in [0.2, 0.25) is 0 Å². The van der Waals surface area contributed by atoms with Crippen molar-refractivity contribution >= 4 is 17.4 Å². The summed E-state index contributed by atoms with van der Waals surface area (Å²) in [5, 5.41) is 12.4. The van der Waals surface area contributed by atoms with Crippen molar-refractivity contribution in [3.63, 3.8) is 0 Å². The Hall–Kier alpha value is -3.83. The van der Waals surface area contributed by atoms with Gasteiger partial charge in [-0.2, -0.15) is 5.26 Å². The first-order valence-electron chi connectivity index (χ1n) is 11.0. The van der Waals surface area contributed by atoms with Gasteiger partial charge in [-0.25, -0.2) is 15.0 Å². The van der Waals surface area contributed by atoms with Crippen LogP contribution >= 0.6 is 0 Å². The average molecular weight is 441 g/mol. The second kappa shape index (κ2) is 8.96. The van der Waals surface area contributed by atoms with E-state index in [-0.39, 0.29) is 17.9 Å². The second-order valence-corrected chi connectivity index (χ2v) is 8.46. The molecular weight excluding hydrogens is 416 g/mol. The van der Waals surface area contributed by atoms with Gasteiger partial charge < -0.3 is 15.0 Å². The van der Waals surface area contributed by atoms with Crippen molar-refractivity contribution in [1.82, 2.24) is 15.0 Å². The van der Waals surface area contributed by atoms with E-state index in [0.717, 1.165) is 48.6 Å². The van der Waals surface area contributed by atoms with Crippen LogP contribution in [-0.2, 0) is 16.0 Å². The van der Waals surface area contributed by atoms with Gasteiger partial charge in [0.2, 0.25) is 5.91 Å². The van der Waals surface area contributed by atoms with Gasteiger partial charge in [-0.05, 0) is 48.7 Å². The van der Waals surface area contributed by atoms with Gasteiger partial charge in [0, 0.05) is 50.5 Å². The fraction of sp³-hybridized carbons (Fsp3) is 0.320. The minimum atomic E-state index is -0.0174. The SMILES string of the molecule is COC1CN(c2cc(Cc3nccc(-c4ccc(NC(=O)C5CC5)c(C#N)c4)n3)ccn2)C1. The molecule has 1 N–H and O–H groups in total. The summed E-state index contributed by atoms with van der Waals surface area (Å²) in [6.45, 7) is 1.69. The van der Waals surface area contributed by atoms with E-state index in [9.17, 15) is 10.1 Å². The Morgan fingerprint density at radius 1 is 1.18 bits per heavy atom. The Morgan fingerprint density at radius 2 is 2.00 bits per heavy atom. The topological polar surface area (TPSA) is 104 Å². The van der Waals surface area contributed by atoms with Crippen molar-refractivity contribution in [1.29, 1.82) is 5.26 Å². The molecule has 1 saturated carbocycles. The lowest BCUT2D eigenvalue weighted by Gasteiger charge is -2.39. The van der Waals surface area contributed by atoms with Crippen molar-refractivity contribution in [3.05, 3.63) is 65.7 Å². The molecule has 1 aliphatic carbocycles. The number of carbonyl (C=O) groups excluding carboxylic acids is 1. The largest absolute Gasteiger partial charge is 0.378 e. The monoisotopic (exact) mass is 440 g/mol. The number of methoxy groups -OCH3 is 1. The predicted octanol–water partition coefficient (Wildman–Crippen LogP) is 3.18. The van der Waals surface area contributed by atoms with Crippen LogP contribution in [0.5, 0.6) is 0 Å². The zero-order valence-corrected chi connectivity index (χ0v) is 18.4. The number of nitriles is 1. The highest BCUT2D eigenvalue weighted by molar-refractivity contribution is 5.95. The Labute approximate surface area is 192 Å². The third-order valence-electron chi connectivity index (χ3n) is 6.02. The zero-order valence-electron chi connectivity index (χ0n) is 18.4. The number of anilines is 2. The maximum absolute atomic E-state index is 12.1. The van der Waals surface area contributed by atoms with Crippen LogP contribution in [0.3, 0.4) is 0 Å². The molecule has 2 aliphatic rings. The van der Waals surface area contributed by atoms with Gasteiger partial charge in [0.15, 0.2) is 0 Å². The summed E-state index contributed by atoms with van der Waals surface area (Å²) in [5.74, 6) is 1.68. The van der Waals surface area contributed by atoms with Gasteiger partial charge >= 0.3 is 0 Å². The van der Waals surface area contributed by atoms with E-state index in [0.29, 0.717) is 23.5 Å². The summed E-state index contributed by atoms with van der Waals surface area (Å²) in [6, 6.07) is 13.4. The van der Waals surface area contributed by atoms with Crippen molar-refractivity contribution in [3.8, 4) is 17.3 Å². The number of hydrogen-bond acceptors (Lipinski definition) is 7. The third kappa shape index (κ3) is 4.69. The molecule has 1 amide bonds. The number of nitrogens with one attached hydrogen (secondary N) is 1. The summed E-state index contributed by atoms with van der Waals surface area (Å²) in [6.07, 6.45) is 6.21. The second-order valence-electron chi connectivity index (χ2n) is 8.46. The molecule has 2 fully saturated rings.